The summed E-state index contributed by atoms with van der Waals surface area (Å²) in [4.78, 5) is 10.3. The van der Waals surface area contributed by atoms with Gasteiger partial charge in [-0.2, -0.15) is 0 Å². The first-order chi connectivity index (χ1) is 7.79. The van der Waals surface area contributed by atoms with Gasteiger partial charge in [-0.15, -0.1) is 0 Å². The summed E-state index contributed by atoms with van der Waals surface area (Å²) < 4.78 is 0. The Labute approximate surface area is 99.4 Å². The standard InChI is InChI=1S/C14H26O2/c15-14(16)12-8-3-1-2-5-9-13-10-6-4-7-11-13/h13H,1-12H2,(H,15,16). The number of carbonyl (C=O) groups is 1. The van der Waals surface area contributed by atoms with Crippen LogP contribution in [0.1, 0.15) is 77.0 Å². The maximum Gasteiger partial charge on any atom is 0.303 e. The lowest BCUT2D eigenvalue weighted by Gasteiger charge is -2.21. The van der Waals surface area contributed by atoms with Crippen molar-refractivity contribution in [2.75, 3.05) is 0 Å². The molecule has 0 aliphatic heterocycles. The molecule has 1 aliphatic carbocycles. The van der Waals surface area contributed by atoms with Crippen LogP contribution in [0, 0.1) is 5.92 Å². The van der Waals surface area contributed by atoms with Crippen molar-refractivity contribution in [1.82, 2.24) is 0 Å². The highest BCUT2D eigenvalue weighted by Crippen LogP contribution is 2.28. The number of unbranched alkanes of at least 4 members (excludes halogenated alkanes) is 4. The van der Waals surface area contributed by atoms with Crippen molar-refractivity contribution in [3.8, 4) is 0 Å². The molecule has 1 N–H and O–H groups in total. The predicted octanol–water partition coefficient (Wildman–Crippen LogP) is 4.38. The maximum absolute atomic E-state index is 10.3. The molecule has 0 bridgehead atoms. The van der Waals surface area contributed by atoms with Crippen LogP contribution in [0.4, 0.5) is 0 Å². The summed E-state index contributed by atoms with van der Waals surface area (Å²) in [6.45, 7) is 0. The van der Waals surface area contributed by atoms with E-state index >= 15 is 0 Å². The van der Waals surface area contributed by atoms with E-state index in [9.17, 15) is 4.79 Å². The Morgan fingerprint density at radius 2 is 1.56 bits per heavy atom. The maximum atomic E-state index is 10.3. The SMILES string of the molecule is O=C(O)CCCCCCCC1CCCCC1. The Morgan fingerprint density at radius 1 is 0.938 bits per heavy atom. The van der Waals surface area contributed by atoms with Gasteiger partial charge >= 0.3 is 5.97 Å². The third kappa shape index (κ3) is 6.86. The molecule has 0 amide bonds. The molecule has 0 spiro atoms. The second-order valence-electron chi connectivity index (χ2n) is 5.20. The van der Waals surface area contributed by atoms with Crippen LogP contribution in [0.3, 0.4) is 0 Å². The molecule has 16 heavy (non-hydrogen) atoms. The summed E-state index contributed by atoms with van der Waals surface area (Å²) in [7, 11) is 0. The minimum absolute atomic E-state index is 0.350. The molecule has 94 valence electrons. The number of aliphatic carboxylic acids is 1. The monoisotopic (exact) mass is 226 g/mol. The van der Waals surface area contributed by atoms with E-state index in [1.807, 2.05) is 0 Å². The largest absolute Gasteiger partial charge is 0.481 e. The Balaban J connectivity index is 1.82. The molecule has 0 atom stereocenters. The normalized spacial score (nSPS) is 17.5. The quantitative estimate of drug-likeness (QED) is 0.623. The van der Waals surface area contributed by atoms with Crippen LogP contribution >= 0.6 is 0 Å². The zero-order valence-electron chi connectivity index (χ0n) is 10.4. The van der Waals surface area contributed by atoms with Crippen LogP contribution < -0.4 is 0 Å². The average Bonchev–Trinajstić information content (AvgIpc) is 2.29. The van der Waals surface area contributed by atoms with Gasteiger partial charge in [0, 0.05) is 6.42 Å². The van der Waals surface area contributed by atoms with Gasteiger partial charge in [0.1, 0.15) is 0 Å². The van der Waals surface area contributed by atoms with E-state index < -0.39 is 5.97 Å². The minimum Gasteiger partial charge on any atom is -0.481 e. The summed E-state index contributed by atoms with van der Waals surface area (Å²) in [5, 5.41) is 8.49. The van der Waals surface area contributed by atoms with Crippen molar-refractivity contribution in [2.45, 2.75) is 77.0 Å². The fourth-order valence-electron chi connectivity index (χ4n) is 2.72. The van der Waals surface area contributed by atoms with Crippen molar-refractivity contribution >= 4 is 5.97 Å². The Hall–Kier alpha value is -0.530. The highest BCUT2D eigenvalue weighted by molar-refractivity contribution is 5.66. The molecule has 0 radical (unpaired) electrons. The summed E-state index contributed by atoms with van der Waals surface area (Å²) >= 11 is 0. The van der Waals surface area contributed by atoms with Gasteiger partial charge < -0.3 is 5.11 Å². The van der Waals surface area contributed by atoms with E-state index in [0.29, 0.717) is 6.42 Å². The smallest absolute Gasteiger partial charge is 0.303 e. The second kappa shape index (κ2) is 8.60. The van der Waals surface area contributed by atoms with Gasteiger partial charge in [0.05, 0.1) is 0 Å². The molecular formula is C14H26O2. The van der Waals surface area contributed by atoms with Crippen LogP contribution in [0.5, 0.6) is 0 Å². The van der Waals surface area contributed by atoms with Crippen LogP contribution in [-0.4, -0.2) is 11.1 Å². The fraction of sp³-hybridized carbons (Fsp3) is 0.929. The van der Waals surface area contributed by atoms with E-state index in [0.717, 1.165) is 18.8 Å². The molecule has 0 saturated heterocycles. The Bertz CT molecular complexity index is 183. The molecule has 0 aromatic rings. The lowest BCUT2D eigenvalue weighted by atomic mass is 9.85. The van der Waals surface area contributed by atoms with Crippen molar-refractivity contribution in [3.63, 3.8) is 0 Å². The molecule has 2 heteroatoms. The van der Waals surface area contributed by atoms with E-state index in [4.69, 9.17) is 5.11 Å². The molecule has 0 aromatic carbocycles. The molecule has 1 fully saturated rings. The van der Waals surface area contributed by atoms with E-state index in [1.165, 1.54) is 57.8 Å². The molecule has 0 heterocycles. The highest BCUT2D eigenvalue weighted by atomic mass is 16.4. The molecular weight excluding hydrogens is 200 g/mol. The van der Waals surface area contributed by atoms with Crippen LogP contribution in [0.15, 0.2) is 0 Å². The van der Waals surface area contributed by atoms with E-state index in [1.54, 1.807) is 0 Å². The number of rotatable bonds is 8. The van der Waals surface area contributed by atoms with Gasteiger partial charge in [-0.25, -0.2) is 0 Å². The first-order valence-corrected chi connectivity index (χ1v) is 7.01. The third-order valence-electron chi connectivity index (χ3n) is 3.73. The fourth-order valence-corrected chi connectivity index (χ4v) is 2.72. The van der Waals surface area contributed by atoms with E-state index in [2.05, 4.69) is 0 Å². The van der Waals surface area contributed by atoms with Gasteiger partial charge in [0.2, 0.25) is 0 Å². The third-order valence-corrected chi connectivity index (χ3v) is 3.73. The van der Waals surface area contributed by atoms with Crippen molar-refractivity contribution < 1.29 is 9.90 Å². The summed E-state index contributed by atoms with van der Waals surface area (Å²) in [5.41, 5.74) is 0. The number of hydrogen-bond acceptors (Lipinski definition) is 1. The van der Waals surface area contributed by atoms with E-state index in [-0.39, 0.29) is 0 Å². The van der Waals surface area contributed by atoms with Crippen molar-refractivity contribution in [3.05, 3.63) is 0 Å². The molecule has 1 aliphatic rings. The van der Waals surface area contributed by atoms with Crippen LogP contribution in [0.2, 0.25) is 0 Å². The molecule has 2 nitrogen and oxygen atoms in total. The topological polar surface area (TPSA) is 37.3 Å². The summed E-state index contributed by atoms with van der Waals surface area (Å²) in [6.07, 6.45) is 14.9. The van der Waals surface area contributed by atoms with Crippen LogP contribution in [0.25, 0.3) is 0 Å². The van der Waals surface area contributed by atoms with Gasteiger partial charge in [-0.1, -0.05) is 64.2 Å². The van der Waals surface area contributed by atoms with Gasteiger partial charge in [-0.3, -0.25) is 4.79 Å². The molecule has 1 saturated carbocycles. The Kier molecular flexibility index (Phi) is 7.28. The minimum atomic E-state index is -0.651. The Morgan fingerprint density at radius 3 is 2.25 bits per heavy atom. The predicted molar refractivity (Wildman–Crippen MR) is 66.5 cm³/mol. The highest BCUT2D eigenvalue weighted by Gasteiger charge is 2.12. The lowest BCUT2D eigenvalue weighted by molar-refractivity contribution is -0.137. The first kappa shape index (κ1) is 13.5. The van der Waals surface area contributed by atoms with Crippen molar-refractivity contribution in [1.29, 1.82) is 0 Å². The van der Waals surface area contributed by atoms with Gasteiger partial charge in [0.15, 0.2) is 0 Å². The number of hydrogen-bond donors (Lipinski definition) is 1. The van der Waals surface area contributed by atoms with Gasteiger partial charge in [-0.05, 0) is 12.3 Å². The first-order valence-electron chi connectivity index (χ1n) is 7.01. The second-order valence-corrected chi connectivity index (χ2v) is 5.20. The van der Waals surface area contributed by atoms with Crippen LogP contribution in [-0.2, 0) is 4.79 Å². The number of carboxylic acid groups (broad SMARTS) is 1. The summed E-state index contributed by atoms with van der Waals surface area (Å²) in [6, 6.07) is 0. The summed E-state index contributed by atoms with van der Waals surface area (Å²) in [5.74, 6) is 0.356. The molecule has 1 rings (SSSR count). The zero-order valence-corrected chi connectivity index (χ0v) is 10.4. The van der Waals surface area contributed by atoms with Crippen molar-refractivity contribution in [2.24, 2.45) is 5.92 Å². The number of carboxylic acids is 1. The average molecular weight is 226 g/mol. The van der Waals surface area contributed by atoms with Gasteiger partial charge in [0.25, 0.3) is 0 Å². The molecule has 0 aromatic heterocycles. The molecule has 0 unspecified atom stereocenters. The zero-order chi connectivity index (χ0) is 11.6. The lowest BCUT2D eigenvalue weighted by Crippen LogP contribution is -2.05.